The van der Waals surface area contributed by atoms with Crippen LogP contribution in [0.15, 0.2) is 16.7 Å². The first-order chi connectivity index (χ1) is 9.10. The smallest absolute Gasteiger partial charge is 0.229 e. The molecule has 0 amide bonds. The number of nitriles is 1. The predicted octanol–water partition coefficient (Wildman–Crippen LogP) is 3.16. The van der Waals surface area contributed by atoms with E-state index < -0.39 is 0 Å². The van der Waals surface area contributed by atoms with E-state index in [1.807, 2.05) is 32.9 Å². The van der Waals surface area contributed by atoms with Crippen LogP contribution in [0.25, 0.3) is 11.4 Å². The van der Waals surface area contributed by atoms with Crippen molar-refractivity contribution < 1.29 is 4.52 Å². The van der Waals surface area contributed by atoms with Crippen LogP contribution in [0.2, 0.25) is 0 Å². The largest absolute Gasteiger partial charge is 0.339 e. The highest BCUT2D eigenvalue weighted by Crippen LogP contribution is 2.23. The molecule has 0 aliphatic heterocycles. The van der Waals surface area contributed by atoms with Crippen molar-refractivity contribution in [2.45, 2.75) is 39.5 Å². The van der Waals surface area contributed by atoms with Crippen LogP contribution in [-0.2, 0) is 0 Å². The molecule has 0 aromatic carbocycles. The summed E-state index contributed by atoms with van der Waals surface area (Å²) in [6.07, 6.45) is 1.22. The molecule has 19 heavy (non-hydrogen) atoms. The van der Waals surface area contributed by atoms with Crippen LogP contribution in [-0.4, -0.2) is 15.1 Å². The van der Waals surface area contributed by atoms with Gasteiger partial charge in [0.15, 0.2) is 0 Å². The van der Waals surface area contributed by atoms with Crippen LogP contribution in [0.4, 0.5) is 0 Å². The van der Waals surface area contributed by atoms with Crippen LogP contribution >= 0.6 is 0 Å². The third kappa shape index (κ3) is 3.16. The number of nitrogens with zero attached hydrogens (tertiary/aromatic N) is 4. The summed E-state index contributed by atoms with van der Waals surface area (Å²) in [6, 6.07) is 5.99. The molecule has 0 saturated heterocycles. The highest BCUT2D eigenvalue weighted by Gasteiger charge is 2.15. The van der Waals surface area contributed by atoms with E-state index in [1.165, 1.54) is 0 Å². The number of hydrogen-bond acceptors (Lipinski definition) is 5. The van der Waals surface area contributed by atoms with Gasteiger partial charge in [0.25, 0.3) is 0 Å². The molecular formula is C14H16N4O. The molecule has 0 saturated carbocycles. The Morgan fingerprint density at radius 1 is 1.26 bits per heavy atom. The zero-order chi connectivity index (χ0) is 13.8. The highest BCUT2D eigenvalue weighted by atomic mass is 16.5. The fourth-order valence-electron chi connectivity index (χ4n) is 1.92. The molecule has 98 valence electrons. The van der Waals surface area contributed by atoms with Crippen LogP contribution in [0, 0.1) is 25.2 Å². The summed E-state index contributed by atoms with van der Waals surface area (Å²) in [5, 5.41) is 12.6. The van der Waals surface area contributed by atoms with E-state index in [2.05, 4.69) is 21.2 Å². The Balaban J connectivity index is 2.23. The molecule has 1 unspecified atom stereocenters. The van der Waals surface area contributed by atoms with Gasteiger partial charge in [-0.15, -0.1) is 0 Å². The number of pyridine rings is 1. The third-order valence-corrected chi connectivity index (χ3v) is 2.89. The van der Waals surface area contributed by atoms with Crippen LogP contribution < -0.4 is 0 Å². The van der Waals surface area contributed by atoms with Crippen molar-refractivity contribution in [3.05, 3.63) is 29.4 Å². The molecule has 0 radical (unpaired) electrons. The molecule has 0 fully saturated rings. The normalized spacial score (nSPS) is 12.1. The standard InChI is InChI=1S/C14H16N4O/c1-9(5-4-6-15)14-17-13(18-19-14)12-7-10(2)16-11(3)8-12/h7-9H,4-5H2,1-3H3. The number of aromatic nitrogens is 3. The first-order valence-corrected chi connectivity index (χ1v) is 6.26. The average molecular weight is 256 g/mol. The molecule has 2 heterocycles. The lowest BCUT2D eigenvalue weighted by molar-refractivity contribution is 0.355. The monoisotopic (exact) mass is 256 g/mol. The van der Waals surface area contributed by atoms with Crippen LogP contribution in [0.5, 0.6) is 0 Å². The minimum atomic E-state index is 0.102. The van der Waals surface area contributed by atoms with Crippen molar-refractivity contribution in [1.82, 2.24) is 15.1 Å². The second-order valence-electron chi connectivity index (χ2n) is 4.69. The zero-order valence-electron chi connectivity index (χ0n) is 11.3. The maximum absolute atomic E-state index is 8.58. The maximum Gasteiger partial charge on any atom is 0.229 e. The van der Waals surface area contributed by atoms with Gasteiger partial charge in [-0.25, -0.2) is 0 Å². The molecule has 1 atom stereocenters. The second kappa shape index (κ2) is 5.61. The van der Waals surface area contributed by atoms with Gasteiger partial charge in [0.05, 0.1) is 6.07 Å². The fraction of sp³-hybridized carbons (Fsp3) is 0.429. The molecule has 5 heteroatoms. The van der Waals surface area contributed by atoms with E-state index >= 15 is 0 Å². The highest BCUT2D eigenvalue weighted by molar-refractivity contribution is 5.55. The first kappa shape index (κ1) is 13.2. The Hall–Kier alpha value is -2.22. The molecule has 0 N–H and O–H groups in total. The van der Waals surface area contributed by atoms with Crippen molar-refractivity contribution in [3.63, 3.8) is 0 Å². The van der Waals surface area contributed by atoms with Crippen LogP contribution in [0.3, 0.4) is 0 Å². The molecule has 0 aliphatic carbocycles. The van der Waals surface area contributed by atoms with Gasteiger partial charge >= 0.3 is 0 Å². The predicted molar refractivity (Wildman–Crippen MR) is 70.3 cm³/mol. The Morgan fingerprint density at radius 3 is 2.58 bits per heavy atom. The van der Waals surface area contributed by atoms with Crippen molar-refractivity contribution in [1.29, 1.82) is 5.26 Å². The topological polar surface area (TPSA) is 75.6 Å². The Kier molecular flexibility index (Phi) is 3.91. The minimum Gasteiger partial charge on any atom is -0.339 e. The summed E-state index contributed by atoms with van der Waals surface area (Å²) >= 11 is 0. The average Bonchev–Trinajstić information content (AvgIpc) is 2.84. The summed E-state index contributed by atoms with van der Waals surface area (Å²) in [5.74, 6) is 1.26. The molecular weight excluding hydrogens is 240 g/mol. The molecule has 0 spiro atoms. The van der Waals surface area contributed by atoms with E-state index in [4.69, 9.17) is 9.78 Å². The molecule has 2 aromatic rings. The van der Waals surface area contributed by atoms with Gasteiger partial charge in [-0.05, 0) is 32.4 Å². The lowest BCUT2D eigenvalue weighted by atomic mass is 10.1. The van der Waals surface area contributed by atoms with Gasteiger partial charge in [-0.2, -0.15) is 10.2 Å². The van der Waals surface area contributed by atoms with Crippen LogP contribution in [0.1, 0.15) is 43.0 Å². The Morgan fingerprint density at radius 2 is 1.95 bits per heavy atom. The Labute approximate surface area is 112 Å². The molecule has 2 aromatic heterocycles. The quantitative estimate of drug-likeness (QED) is 0.839. The van der Waals surface area contributed by atoms with Crippen molar-refractivity contribution in [3.8, 4) is 17.5 Å². The molecule has 2 rings (SSSR count). The molecule has 0 aliphatic rings. The van der Waals surface area contributed by atoms with Gasteiger partial charge < -0.3 is 4.52 Å². The van der Waals surface area contributed by atoms with E-state index in [0.29, 0.717) is 18.1 Å². The van der Waals surface area contributed by atoms with Gasteiger partial charge in [0, 0.05) is 29.3 Å². The van der Waals surface area contributed by atoms with E-state index in [1.54, 1.807) is 0 Å². The number of aryl methyl sites for hydroxylation is 2. The van der Waals surface area contributed by atoms with Gasteiger partial charge in [-0.3, -0.25) is 4.98 Å². The van der Waals surface area contributed by atoms with Gasteiger partial charge in [0.1, 0.15) is 0 Å². The summed E-state index contributed by atoms with van der Waals surface area (Å²) < 4.78 is 5.27. The van der Waals surface area contributed by atoms with Gasteiger partial charge in [0.2, 0.25) is 11.7 Å². The first-order valence-electron chi connectivity index (χ1n) is 6.26. The summed E-state index contributed by atoms with van der Waals surface area (Å²) in [5.41, 5.74) is 2.77. The number of hydrogen-bond donors (Lipinski definition) is 0. The second-order valence-corrected chi connectivity index (χ2v) is 4.69. The Bertz CT molecular complexity index is 592. The summed E-state index contributed by atoms with van der Waals surface area (Å²) in [4.78, 5) is 8.72. The maximum atomic E-state index is 8.58. The fourth-order valence-corrected chi connectivity index (χ4v) is 1.92. The van der Waals surface area contributed by atoms with E-state index in [9.17, 15) is 0 Å². The summed E-state index contributed by atoms with van der Waals surface area (Å²) in [7, 11) is 0. The lowest BCUT2D eigenvalue weighted by Crippen LogP contribution is -1.94. The lowest BCUT2D eigenvalue weighted by Gasteiger charge is -2.01. The zero-order valence-corrected chi connectivity index (χ0v) is 11.3. The van der Waals surface area contributed by atoms with Crippen molar-refractivity contribution in [2.75, 3.05) is 0 Å². The minimum absolute atomic E-state index is 0.102. The summed E-state index contributed by atoms with van der Waals surface area (Å²) in [6.45, 7) is 5.86. The van der Waals surface area contributed by atoms with Crippen molar-refractivity contribution >= 4 is 0 Å². The van der Waals surface area contributed by atoms with Gasteiger partial charge in [-0.1, -0.05) is 12.1 Å². The molecule has 5 nitrogen and oxygen atoms in total. The van der Waals surface area contributed by atoms with Crippen molar-refractivity contribution in [2.24, 2.45) is 0 Å². The number of rotatable bonds is 4. The third-order valence-electron chi connectivity index (χ3n) is 2.89. The van der Waals surface area contributed by atoms with E-state index in [0.717, 1.165) is 23.4 Å². The SMILES string of the molecule is Cc1cc(-c2noc(C(C)CCC#N)n2)cc(C)n1. The van der Waals surface area contributed by atoms with E-state index in [-0.39, 0.29) is 5.92 Å². The molecule has 0 bridgehead atoms.